The van der Waals surface area contributed by atoms with Gasteiger partial charge in [0.1, 0.15) is 5.75 Å². The Morgan fingerprint density at radius 1 is 1.29 bits per heavy atom. The number of hydrogen-bond donors (Lipinski definition) is 1. The predicted octanol–water partition coefficient (Wildman–Crippen LogP) is 3.31. The van der Waals surface area contributed by atoms with Crippen LogP contribution < -0.4 is 10.5 Å². The lowest BCUT2D eigenvalue weighted by atomic mass is 9.67. The summed E-state index contributed by atoms with van der Waals surface area (Å²) in [5.74, 6) is 2.14. The second-order valence-corrected chi connectivity index (χ2v) is 5.56. The van der Waals surface area contributed by atoms with Gasteiger partial charge in [0.05, 0.1) is 7.11 Å². The van der Waals surface area contributed by atoms with Crippen LogP contribution in [0.25, 0.3) is 0 Å². The smallest absolute Gasteiger partial charge is 0.119 e. The molecule has 2 heteroatoms. The minimum absolute atomic E-state index is 0.188. The number of hydrogen-bond acceptors (Lipinski definition) is 2. The van der Waals surface area contributed by atoms with Crippen LogP contribution in [0.5, 0.6) is 5.75 Å². The zero-order valence-electron chi connectivity index (χ0n) is 11.1. The minimum atomic E-state index is -0.188. The lowest BCUT2D eigenvalue weighted by molar-refractivity contribution is 0.161. The molecule has 2 rings (SSSR count). The van der Waals surface area contributed by atoms with E-state index in [-0.39, 0.29) is 5.54 Å². The third-order valence-electron chi connectivity index (χ3n) is 4.27. The maximum atomic E-state index is 6.68. The number of ether oxygens (including phenoxy) is 1. The van der Waals surface area contributed by atoms with E-state index in [1.165, 1.54) is 18.4 Å². The zero-order valence-corrected chi connectivity index (χ0v) is 11.1. The van der Waals surface area contributed by atoms with Crippen LogP contribution in [0, 0.1) is 11.8 Å². The summed E-state index contributed by atoms with van der Waals surface area (Å²) >= 11 is 0. The van der Waals surface area contributed by atoms with Gasteiger partial charge in [0.2, 0.25) is 0 Å². The van der Waals surface area contributed by atoms with E-state index in [1.54, 1.807) is 7.11 Å². The van der Waals surface area contributed by atoms with E-state index >= 15 is 0 Å². The Bertz CT molecular complexity index is 390. The first-order valence-corrected chi connectivity index (χ1v) is 6.49. The molecule has 1 saturated carbocycles. The molecule has 0 aromatic heterocycles. The number of nitrogens with two attached hydrogens (primary N) is 1. The van der Waals surface area contributed by atoms with Crippen LogP contribution in [0.15, 0.2) is 24.3 Å². The first kappa shape index (κ1) is 12.4. The van der Waals surface area contributed by atoms with Crippen LogP contribution in [0.1, 0.15) is 38.7 Å². The number of benzene rings is 1. The van der Waals surface area contributed by atoms with E-state index in [2.05, 4.69) is 26.0 Å². The SMILES string of the molecule is COc1cccc(C2(N)CC(C)CCC2C)c1. The van der Waals surface area contributed by atoms with Crippen molar-refractivity contribution >= 4 is 0 Å². The van der Waals surface area contributed by atoms with Gasteiger partial charge in [-0.3, -0.25) is 0 Å². The van der Waals surface area contributed by atoms with Crippen molar-refractivity contribution in [2.45, 2.75) is 38.6 Å². The van der Waals surface area contributed by atoms with E-state index in [0.29, 0.717) is 11.8 Å². The second kappa shape index (κ2) is 4.69. The minimum Gasteiger partial charge on any atom is -0.497 e. The molecule has 0 amide bonds. The van der Waals surface area contributed by atoms with Crippen molar-refractivity contribution in [1.82, 2.24) is 0 Å². The molecule has 17 heavy (non-hydrogen) atoms. The maximum absolute atomic E-state index is 6.68. The standard InChI is InChI=1S/C15H23NO/c1-11-7-8-12(2)15(16,10-11)13-5-4-6-14(9-13)17-3/h4-6,9,11-12H,7-8,10,16H2,1-3H3. The largest absolute Gasteiger partial charge is 0.497 e. The van der Waals surface area contributed by atoms with Gasteiger partial charge in [0.15, 0.2) is 0 Å². The fourth-order valence-corrected chi connectivity index (χ4v) is 2.99. The fourth-order valence-electron chi connectivity index (χ4n) is 2.99. The van der Waals surface area contributed by atoms with Crippen molar-refractivity contribution in [3.63, 3.8) is 0 Å². The quantitative estimate of drug-likeness (QED) is 0.850. The van der Waals surface area contributed by atoms with Crippen LogP contribution in [0.4, 0.5) is 0 Å². The highest BCUT2D eigenvalue weighted by Gasteiger charge is 2.38. The first-order chi connectivity index (χ1) is 8.06. The predicted molar refractivity (Wildman–Crippen MR) is 71.0 cm³/mol. The van der Waals surface area contributed by atoms with Crippen molar-refractivity contribution in [3.8, 4) is 5.75 Å². The maximum Gasteiger partial charge on any atom is 0.119 e. The van der Waals surface area contributed by atoms with Gasteiger partial charge in [-0.1, -0.05) is 32.4 Å². The molecule has 0 heterocycles. The Hall–Kier alpha value is -1.02. The molecule has 1 aromatic carbocycles. The summed E-state index contributed by atoms with van der Waals surface area (Å²) in [6.07, 6.45) is 3.58. The van der Waals surface area contributed by atoms with Crippen molar-refractivity contribution in [2.24, 2.45) is 17.6 Å². The van der Waals surface area contributed by atoms with Crippen molar-refractivity contribution < 1.29 is 4.74 Å². The normalized spacial score (nSPS) is 33.4. The molecule has 2 nitrogen and oxygen atoms in total. The topological polar surface area (TPSA) is 35.2 Å². The number of methoxy groups -OCH3 is 1. The molecular formula is C15H23NO. The average molecular weight is 233 g/mol. The molecule has 3 atom stereocenters. The first-order valence-electron chi connectivity index (χ1n) is 6.49. The molecule has 0 aliphatic heterocycles. The molecule has 1 aromatic rings. The van der Waals surface area contributed by atoms with E-state index in [1.807, 2.05) is 12.1 Å². The highest BCUT2D eigenvalue weighted by molar-refractivity contribution is 5.34. The summed E-state index contributed by atoms with van der Waals surface area (Å²) in [5.41, 5.74) is 7.71. The summed E-state index contributed by atoms with van der Waals surface area (Å²) in [7, 11) is 1.70. The fraction of sp³-hybridized carbons (Fsp3) is 0.600. The Morgan fingerprint density at radius 3 is 2.76 bits per heavy atom. The third kappa shape index (κ3) is 2.32. The Kier molecular flexibility index (Phi) is 3.43. The van der Waals surface area contributed by atoms with Gasteiger partial charge < -0.3 is 10.5 Å². The van der Waals surface area contributed by atoms with Gasteiger partial charge in [0, 0.05) is 5.54 Å². The molecule has 1 fully saturated rings. The average Bonchev–Trinajstić information content (AvgIpc) is 2.34. The highest BCUT2D eigenvalue weighted by atomic mass is 16.5. The van der Waals surface area contributed by atoms with Gasteiger partial charge >= 0.3 is 0 Å². The van der Waals surface area contributed by atoms with Crippen LogP contribution in [-0.2, 0) is 5.54 Å². The van der Waals surface area contributed by atoms with Gasteiger partial charge in [-0.2, -0.15) is 0 Å². The highest BCUT2D eigenvalue weighted by Crippen LogP contribution is 2.42. The molecule has 94 valence electrons. The third-order valence-corrected chi connectivity index (χ3v) is 4.27. The van der Waals surface area contributed by atoms with E-state index < -0.39 is 0 Å². The monoisotopic (exact) mass is 233 g/mol. The van der Waals surface area contributed by atoms with E-state index in [4.69, 9.17) is 10.5 Å². The molecule has 1 aliphatic carbocycles. The van der Waals surface area contributed by atoms with Gasteiger partial charge in [-0.05, 0) is 42.4 Å². The zero-order chi connectivity index (χ0) is 12.5. The second-order valence-electron chi connectivity index (χ2n) is 5.56. The molecule has 0 spiro atoms. The molecular weight excluding hydrogens is 210 g/mol. The molecule has 0 saturated heterocycles. The van der Waals surface area contributed by atoms with Gasteiger partial charge in [0.25, 0.3) is 0 Å². The van der Waals surface area contributed by atoms with Gasteiger partial charge in [-0.15, -0.1) is 0 Å². The Morgan fingerprint density at radius 2 is 2.06 bits per heavy atom. The summed E-state index contributed by atoms with van der Waals surface area (Å²) in [4.78, 5) is 0. The summed E-state index contributed by atoms with van der Waals surface area (Å²) < 4.78 is 5.30. The molecule has 0 bridgehead atoms. The molecule has 2 N–H and O–H groups in total. The van der Waals surface area contributed by atoms with E-state index in [9.17, 15) is 0 Å². The van der Waals surface area contributed by atoms with Crippen molar-refractivity contribution in [3.05, 3.63) is 29.8 Å². The summed E-state index contributed by atoms with van der Waals surface area (Å²) in [6.45, 7) is 4.57. The molecule has 0 radical (unpaired) electrons. The Balaban J connectivity index is 2.34. The number of rotatable bonds is 2. The van der Waals surface area contributed by atoms with Crippen LogP contribution in [0.3, 0.4) is 0 Å². The molecule has 3 unspecified atom stereocenters. The summed E-state index contributed by atoms with van der Waals surface area (Å²) in [5, 5.41) is 0. The van der Waals surface area contributed by atoms with Crippen molar-refractivity contribution in [1.29, 1.82) is 0 Å². The molecule has 1 aliphatic rings. The van der Waals surface area contributed by atoms with Crippen LogP contribution >= 0.6 is 0 Å². The summed E-state index contributed by atoms with van der Waals surface area (Å²) in [6, 6.07) is 8.24. The van der Waals surface area contributed by atoms with Crippen molar-refractivity contribution in [2.75, 3.05) is 7.11 Å². The van der Waals surface area contributed by atoms with Crippen LogP contribution in [-0.4, -0.2) is 7.11 Å². The lowest BCUT2D eigenvalue weighted by Gasteiger charge is -2.42. The van der Waals surface area contributed by atoms with Gasteiger partial charge in [-0.25, -0.2) is 0 Å². The lowest BCUT2D eigenvalue weighted by Crippen LogP contribution is -2.47. The van der Waals surface area contributed by atoms with Crippen LogP contribution in [0.2, 0.25) is 0 Å². The van der Waals surface area contributed by atoms with E-state index in [0.717, 1.165) is 12.2 Å². The Labute approximate surface area is 104 Å².